The van der Waals surface area contributed by atoms with Gasteiger partial charge in [0, 0.05) is 32.1 Å². The molecule has 1 saturated carbocycles. The molecule has 2 aliphatic rings. The number of rotatable bonds is 5. The van der Waals surface area contributed by atoms with Crippen molar-refractivity contribution in [2.24, 2.45) is 5.92 Å². The van der Waals surface area contributed by atoms with E-state index in [1.165, 1.54) is 32.1 Å². The van der Waals surface area contributed by atoms with Crippen LogP contribution in [0.3, 0.4) is 0 Å². The van der Waals surface area contributed by atoms with Gasteiger partial charge in [-0.25, -0.2) is 0 Å². The monoisotopic (exact) mass is 236 g/mol. The van der Waals surface area contributed by atoms with E-state index in [-0.39, 0.29) is 0 Å². The molecular formula is C14H24N2O. The Morgan fingerprint density at radius 3 is 2.65 bits per heavy atom. The van der Waals surface area contributed by atoms with Gasteiger partial charge in [0.05, 0.1) is 0 Å². The lowest BCUT2D eigenvalue weighted by Gasteiger charge is -2.34. The molecule has 96 valence electrons. The summed E-state index contributed by atoms with van der Waals surface area (Å²) in [5, 5.41) is 3.46. The largest absolute Gasteiger partial charge is 0.343 e. The van der Waals surface area contributed by atoms with E-state index < -0.39 is 0 Å². The van der Waals surface area contributed by atoms with E-state index in [1.54, 1.807) is 0 Å². The summed E-state index contributed by atoms with van der Waals surface area (Å²) >= 11 is 0. The van der Waals surface area contributed by atoms with Gasteiger partial charge in [-0.05, 0) is 38.0 Å². The quantitative estimate of drug-likeness (QED) is 0.740. The molecule has 1 heterocycles. The van der Waals surface area contributed by atoms with Crippen molar-refractivity contribution >= 4 is 5.91 Å². The average molecular weight is 236 g/mol. The molecule has 0 radical (unpaired) electrons. The van der Waals surface area contributed by atoms with Gasteiger partial charge in [-0.15, -0.1) is 6.58 Å². The van der Waals surface area contributed by atoms with Crippen LogP contribution in [0.25, 0.3) is 0 Å². The first-order chi connectivity index (χ1) is 8.29. The Hall–Kier alpha value is -0.830. The number of amides is 1. The second-order valence-electron chi connectivity index (χ2n) is 5.31. The topological polar surface area (TPSA) is 32.3 Å². The molecule has 2 fully saturated rings. The molecule has 1 saturated heterocycles. The molecular weight excluding hydrogens is 212 g/mol. The number of nitrogens with zero attached hydrogens (tertiary/aromatic N) is 1. The summed E-state index contributed by atoms with van der Waals surface area (Å²) in [4.78, 5) is 13.9. The van der Waals surface area contributed by atoms with Gasteiger partial charge in [-0.3, -0.25) is 4.79 Å². The molecule has 0 atom stereocenters. The van der Waals surface area contributed by atoms with Crippen molar-refractivity contribution in [3.8, 4) is 0 Å². The SMILES string of the molecule is C=CC1CC(NCCC(=O)N2CCCCC2)C1. The predicted octanol–water partition coefficient (Wildman–Crippen LogP) is 1.94. The highest BCUT2D eigenvalue weighted by molar-refractivity contribution is 5.76. The summed E-state index contributed by atoms with van der Waals surface area (Å²) in [6, 6.07) is 0.618. The number of nitrogens with one attached hydrogen (secondary N) is 1. The fraction of sp³-hybridized carbons (Fsp3) is 0.786. The molecule has 0 aromatic heterocycles. The van der Waals surface area contributed by atoms with Crippen molar-refractivity contribution in [1.29, 1.82) is 0 Å². The van der Waals surface area contributed by atoms with E-state index in [4.69, 9.17) is 0 Å². The predicted molar refractivity (Wildman–Crippen MR) is 69.8 cm³/mol. The third-order valence-corrected chi connectivity index (χ3v) is 3.99. The van der Waals surface area contributed by atoms with Gasteiger partial charge in [0.15, 0.2) is 0 Å². The first-order valence-electron chi connectivity index (χ1n) is 6.93. The normalized spacial score (nSPS) is 28.6. The minimum absolute atomic E-state index is 0.330. The van der Waals surface area contributed by atoms with E-state index in [1.807, 2.05) is 11.0 Å². The van der Waals surface area contributed by atoms with Crippen LogP contribution in [-0.4, -0.2) is 36.5 Å². The van der Waals surface area contributed by atoms with Crippen LogP contribution in [0.4, 0.5) is 0 Å². The highest BCUT2D eigenvalue weighted by Crippen LogP contribution is 2.27. The van der Waals surface area contributed by atoms with Crippen LogP contribution in [0, 0.1) is 5.92 Å². The molecule has 0 unspecified atom stereocenters. The molecule has 0 aromatic carbocycles. The molecule has 1 aliphatic heterocycles. The summed E-state index contributed by atoms with van der Waals surface area (Å²) in [6.07, 6.45) is 8.74. The maximum Gasteiger partial charge on any atom is 0.223 e. The van der Waals surface area contributed by atoms with Crippen molar-refractivity contribution < 1.29 is 4.79 Å². The summed E-state index contributed by atoms with van der Waals surface area (Å²) in [5.74, 6) is 1.03. The first kappa shape index (κ1) is 12.6. The highest BCUT2D eigenvalue weighted by Gasteiger charge is 2.26. The van der Waals surface area contributed by atoms with Gasteiger partial charge < -0.3 is 10.2 Å². The van der Waals surface area contributed by atoms with Crippen molar-refractivity contribution in [3.05, 3.63) is 12.7 Å². The summed E-state index contributed by atoms with van der Waals surface area (Å²) in [5.41, 5.74) is 0. The van der Waals surface area contributed by atoms with Crippen LogP contribution in [0.5, 0.6) is 0 Å². The van der Waals surface area contributed by atoms with E-state index in [0.717, 1.165) is 19.6 Å². The van der Waals surface area contributed by atoms with Crippen molar-refractivity contribution in [1.82, 2.24) is 10.2 Å². The number of allylic oxidation sites excluding steroid dienone is 1. The Bertz CT molecular complexity index is 265. The molecule has 1 aliphatic carbocycles. The number of piperidine rings is 1. The zero-order valence-electron chi connectivity index (χ0n) is 10.7. The van der Waals surface area contributed by atoms with Crippen LogP contribution in [0.2, 0.25) is 0 Å². The molecule has 1 N–H and O–H groups in total. The van der Waals surface area contributed by atoms with Crippen LogP contribution in [-0.2, 0) is 4.79 Å². The molecule has 17 heavy (non-hydrogen) atoms. The molecule has 2 rings (SSSR count). The minimum atomic E-state index is 0.330. The van der Waals surface area contributed by atoms with Gasteiger partial charge in [-0.1, -0.05) is 6.08 Å². The molecule has 0 bridgehead atoms. The lowest BCUT2D eigenvalue weighted by atomic mass is 9.80. The highest BCUT2D eigenvalue weighted by atomic mass is 16.2. The number of hydrogen-bond donors (Lipinski definition) is 1. The lowest BCUT2D eigenvalue weighted by molar-refractivity contribution is -0.132. The van der Waals surface area contributed by atoms with Gasteiger partial charge in [-0.2, -0.15) is 0 Å². The van der Waals surface area contributed by atoms with Crippen molar-refractivity contribution in [3.63, 3.8) is 0 Å². The Morgan fingerprint density at radius 2 is 2.00 bits per heavy atom. The third-order valence-electron chi connectivity index (χ3n) is 3.99. The van der Waals surface area contributed by atoms with Gasteiger partial charge in [0.1, 0.15) is 0 Å². The molecule has 0 spiro atoms. The van der Waals surface area contributed by atoms with Crippen molar-refractivity contribution in [2.45, 2.75) is 44.6 Å². The Morgan fingerprint density at radius 1 is 1.29 bits per heavy atom. The van der Waals surface area contributed by atoms with Crippen LogP contribution in [0.15, 0.2) is 12.7 Å². The Labute approximate surface area is 104 Å². The molecule has 3 heteroatoms. The zero-order chi connectivity index (χ0) is 12.1. The first-order valence-corrected chi connectivity index (χ1v) is 6.93. The number of hydrogen-bond acceptors (Lipinski definition) is 2. The van der Waals surface area contributed by atoms with E-state index in [0.29, 0.717) is 24.3 Å². The van der Waals surface area contributed by atoms with Crippen LogP contribution < -0.4 is 5.32 Å². The van der Waals surface area contributed by atoms with Gasteiger partial charge in [0.2, 0.25) is 5.91 Å². The van der Waals surface area contributed by atoms with E-state index >= 15 is 0 Å². The van der Waals surface area contributed by atoms with Crippen LogP contribution >= 0.6 is 0 Å². The number of carbonyl (C=O) groups excluding carboxylic acids is 1. The third kappa shape index (κ3) is 3.56. The standard InChI is InChI=1S/C14H24N2O/c1-2-12-10-13(11-12)15-7-6-14(17)16-8-4-3-5-9-16/h2,12-13,15H,1,3-11H2. The Balaban J connectivity index is 1.55. The summed E-state index contributed by atoms with van der Waals surface area (Å²) in [7, 11) is 0. The smallest absolute Gasteiger partial charge is 0.223 e. The Kier molecular flexibility index (Phi) is 4.60. The van der Waals surface area contributed by atoms with Gasteiger partial charge in [0.25, 0.3) is 0 Å². The fourth-order valence-corrected chi connectivity index (χ4v) is 2.71. The van der Waals surface area contributed by atoms with E-state index in [2.05, 4.69) is 11.9 Å². The lowest BCUT2D eigenvalue weighted by Crippen LogP contribution is -2.43. The number of likely N-dealkylation sites (tertiary alicyclic amines) is 1. The second kappa shape index (κ2) is 6.20. The number of carbonyl (C=O) groups is 1. The summed E-state index contributed by atoms with van der Waals surface area (Å²) < 4.78 is 0. The minimum Gasteiger partial charge on any atom is -0.343 e. The van der Waals surface area contributed by atoms with Gasteiger partial charge >= 0.3 is 0 Å². The molecule has 3 nitrogen and oxygen atoms in total. The average Bonchev–Trinajstić information content (AvgIpc) is 2.33. The maximum atomic E-state index is 11.9. The fourth-order valence-electron chi connectivity index (χ4n) is 2.71. The second-order valence-corrected chi connectivity index (χ2v) is 5.31. The maximum absolute atomic E-state index is 11.9. The molecule has 1 amide bonds. The van der Waals surface area contributed by atoms with Crippen LogP contribution in [0.1, 0.15) is 38.5 Å². The zero-order valence-corrected chi connectivity index (χ0v) is 10.7. The summed E-state index contributed by atoms with van der Waals surface area (Å²) in [6.45, 7) is 6.58. The van der Waals surface area contributed by atoms with E-state index in [9.17, 15) is 4.79 Å². The van der Waals surface area contributed by atoms with Crippen molar-refractivity contribution in [2.75, 3.05) is 19.6 Å². The molecule has 0 aromatic rings.